The third-order valence-corrected chi connectivity index (χ3v) is 4.08. The van der Waals surface area contributed by atoms with Crippen LogP contribution in [-0.4, -0.2) is 22.6 Å². The van der Waals surface area contributed by atoms with E-state index in [4.69, 9.17) is 0 Å². The fourth-order valence-corrected chi connectivity index (χ4v) is 2.76. The van der Waals surface area contributed by atoms with Crippen molar-refractivity contribution in [3.63, 3.8) is 0 Å². The first kappa shape index (κ1) is 18.3. The van der Waals surface area contributed by atoms with Crippen LogP contribution in [0.2, 0.25) is 0 Å². The lowest BCUT2D eigenvalue weighted by Gasteiger charge is -2.09. The van der Waals surface area contributed by atoms with Crippen molar-refractivity contribution in [2.24, 2.45) is 5.92 Å². The Labute approximate surface area is 148 Å². The van der Waals surface area contributed by atoms with Crippen LogP contribution in [0.4, 0.5) is 10.8 Å². The van der Waals surface area contributed by atoms with Gasteiger partial charge in [0.2, 0.25) is 17.6 Å². The fraction of sp³-hybridized carbons (Fsp3) is 0.235. The molecule has 7 nitrogen and oxygen atoms in total. The van der Waals surface area contributed by atoms with Crippen molar-refractivity contribution < 1.29 is 14.4 Å². The standard InChI is InChI=1S/C17H16N4O3S/c1-3-11-4-6-12(7-5-11)20-16(24)13(8-18)15(23)14-9-25-17(21-14)19-10(2)22/h4-7,9,13H,3H2,1-2H3,(H,20,24)(H,19,21,22). The van der Waals surface area contributed by atoms with Crippen molar-refractivity contribution in [1.82, 2.24) is 4.98 Å². The highest BCUT2D eigenvalue weighted by molar-refractivity contribution is 7.14. The number of aryl methyl sites for hydroxylation is 1. The second-order valence-electron chi connectivity index (χ2n) is 5.19. The predicted octanol–water partition coefficient (Wildman–Crippen LogP) is 2.63. The Morgan fingerprint density at radius 1 is 1.24 bits per heavy atom. The highest BCUT2D eigenvalue weighted by Crippen LogP contribution is 2.19. The molecule has 1 aromatic heterocycles. The van der Waals surface area contributed by atoms with Crippen LogP contribution in [0.15, 0.2) is 29.6 Å². The Morgan fingerprint density at radius 3 is 2.48 bits per heavy atom. The molecule has 0 saturated heterocycles. The summed E-state index contributed by atoms with van der Waals surface area (Å²) in [4.78, 5) is 39.5. The van der Waals surface area contributed by atoms with Crippen molar-refractivity contribution in [3.8, 4) is 6.07 Å². The molecule has 128 valence electrons. The lowest BCUT2D eigenvalue weighted by atomic mass is 10.0. The van der Waals surface area contributed by atoms with E-state index in [9.17, 15) is 19.6 Å². The van der Waals surface area contributed by atoms with Crippen LogP contribution >= 0.6 is 11.3 Å². The van der Waals surface area contributed by atoms with Crippen LogP contribution in [0, 0.1) is 17.2 Å². The first-order valence-corrected chi connectivity index (χ1v) is 8.39. The molecule has 1 atom stereocenters. The first-order valence-electron chi connectivity index (χ1n) is 7.51. The zero-order valence-electron chi connectivity index (χ0n) is 13.7. The summed E-state index contributed by atoms with van der Waals surface area (Å²) < 4.78 is 0. The van der Waals surface area contributed by atoms with E-state index in [1.54, 1.807) is 18.2 Å². The lowest BCUT2D eigenvalue weighted by molar-refractivity contribution is -0.117. The van der Waals surface area contributed by atoms with Gasteiger partial charge < -0.3 is 10.6 Å². The van der Waals surface area contributed by atoms with E-state index < -0.39 is 17.6 Å². The summed E-state index contributed by atoms with van der Waals surface area (Å²) in [5.74, 6) is -3.26. The van der Waals surface area contributed by atoms with Gasteiger partial charge in [0.25, 0.3) is 0 Å². The van der Waals surface area contributed by atoms with Gasteiger partial charge in [0.1, 0.15) is 5.69 Å². The summed E-state index contributed by atoms with van der Waals surface area (Å²) in [5.41, 5.74) is 1.59. The molecule has 0 aliphatic carbocycles. The quantitative estimate of drug-likeness (QED) is 0.610. The molecule has 2 aromatic rings. The maximum atomic E-state index is 12.4. The number of hydrogen-bond donors (Lipinski definition) is 2. The molecule has 0 aliphatic heterocycles. The van der Waals surface area contributed by atoms with E-state index in [0.29, 0.717) is 5.69 Å². The maximum Gasteiger partial charge on any atom is 0.249 e. The number of carbonyl (C=O) groups excluding carboxylic acids is 3. The minimum absolute atomic E-state index is 0.0308. The number of thiazole rings is 1. The Morgan fingerprint density at radius 2 is 1.92 bits per heavy atom. The molecule has 0 bridgehead atoms. The third kappa shape index (κ3) is 4.71. The van der Waals surface area contributed by atoms with Crippen molar-refractivity contribution in [2.45, 2.75) is 20.3 Å². The van der Waals surface area contributed by atoms with Crippen molar-refractivity contribution in [3.05, 3.63) is 40.9 Å². The Kier molecular flexibility index (Phi) is 5.98. The normalized spacial score (nSPS) is 11.2. The van der Waals surface area contributed by atoms with Gasteiger partial charge in [-0.25, -0.2) is 4.98 Å². The zero-order valence-corrected chi connectivity index (χ0v) is 14.5. The molecular formula is C17H16N4O3S. The molecule has 0 aliphatic rings. The number of hydrogen-bond acceptors (Lipinski definition) is 6. The van der Waals surface area contributed by atoms with E-state index in [1.165, 1.54) is 12.3 Å². The number of Topliss-reactive ketones (excluding diaryl/α,β-unsaturated/α-hetero) is 1. The molecule has 0 radical (unpaired) electrons. The number of amides is 2. The van der Waals surface area contributed by atoms with Crippen LogP contribution < -0.4 is 10.6 Å². The summed E-state index contributed by atoms with van der Waals surface area (Å²) in [6, 6.07) is 8.86. The number of nitrogens with one attached hydrogen (secondary N) is 2. The average Bonchev–Trinajstić information content (AvgIpc) is 3.03. The molecule has 2 N–H and O–H groups in total. The van der Waals surface area contributed by atoms with Crippen molar-refractivity contribution in [2.75, 3.05) is 10.6 Å². The number of anilines is 2. The molecule has 8 heteroatoms. The molecule has 1 heterocycles. The summed E-state index contributed by atoms with van der Waals surface area (Å²) >= 11 is 1.05. The van der Waals surface area contributed by atoms with Gasteiger partial charge in [0.05, 0.1) is 6.07 Å². The van der Waals surface area contributed by atoms with Crippen LogP contribution in [0.25, 0.3) is 0 Å². The fourth-order valence-electron chi connectivity index (χ4n) is 2.02. The summed E-state index contributed by atoms with van der Waals surface area (Å²) in [5, 5.41) is 15.9. The predicted molar refractivity (Wildman–Crippen MR) is 94.3 cm³/mol. The van der Waals surface area contributed by atoms with Crippen LogP contribution in [0.3, 0.4) is 0 Å². The number of nitriles is 1. The van der Waals surface area contributed by atoms with Gasteiger partial charge in [-0.1, -0.05) is 19.1 Å². The SMILES string of the molecule is CCc1ccc(NC(=O)C(C#N)C(=O)c2csc(NC(C)=O)n2)cc1. The lowest BCUT2D eigenvalue weighted by Crippen LogP contribution is -2.29. The van der Waals surface area contributed by atoms with Gasteiger partial charge in [0.15, 0.2) is 11.0 Å². The largest absolute Gasteiger partial charge is 0.325 e. The zero-order chi connectivity index (χ0) is 18.4. The van der Waals surface area contributed by atoms with Gasteiger partial charge in [-0.05, 0) is 24.1 Å². The molecule has 1 unspecified atom stereocenters. The second kappa shape index (κ2) is 8.17. The van der Waals surface area contributed by atoms with Crippen molar-refractivity contribution in [1.29, 1.82) is 5.26 Å². The average molecular weight is 356 g/mol. The van der Waals surface area contributed by atoms with Crippen LogP contribution in [0.1, 0.15) is 29.9 Å². The van der Waals surface area contributed by atoms with Gasteiger partial charge >= 0.3 is 0 Å². The van der Waals surface area contributed by atoms with Gasteiger partial charge in [-0.2, -0.15) is 5.26 Å². The summed E-state index contributed by atoms with van der Waals surface area (Å²) in [7, 11) is 0. The van der Waals surface area contributed by atoms with Gasteiger partial charge in [-0.15, -0.1) is 11.3 Å². The minimum Gasteiger partial charge on any atom is -0.325 e. The molecule has 0 saturated carbocycles. The number of aromatic nitrogens is 1. The number of benzene rings is 1. The highest BCUT2D eigenvalue weighted by Gasteiger charge is 2.29. The molecule has 25 heavy (non-hydrogen) atoms. The molecule has 2 rings (SSSR count). The molecule has 1 aromatic carbocycles. The van der Waals surface area contributed by atoms with E-state index >= 15 is 0 Å². The summed E-state index contributed by atoms with van der Waals surface area (Å²) in [6.45, 7) is 3.33. The highest BCUT2D eigenvalue weighted by atomic mass is 32.1. The van der Waals surface area contributed by atoms with Gasteiger partial charge in [0, 0.05) is 18.0 Å². The van der Waals surface area contributed by atoms with Crippen molar-refractivity contribution >= 4 is 39.8 Å². The smallest absolute Gasteiger partial charge is 0.249 e. The minimum atomic E-state index is -1.52. The Bertz CT molecular complexity index is 836. The number of rotatable bonds is 6. The molecular weight excluding hydrogens is 340 g/mol. The topological polar surface area (TPSA) is 112 Å². The first-order chi connectivity index (χ1) is 11.9. The summed E-state index contributed by atoms with van der Waals surface area (Å²) in [6.07, 6.45) is 0.869. The van der Waals surface area contributed by atoms with E-state index in [1.807, 2.05) is 19.1 Å². The van der Waals surface area contributed by atoms with Crippen LogP contribution in [0.5, 0.6) is 0 Å². The maximum absolute atomic E-state index is 12.4. The molecule has 0 spiro atoms. The number of carbonyl (C=O) groups is 3. The number of ketones is 1. The van der Waals surface area contributed by atoms with E-state index in [2.05, 4.69) is 15.6 Å². The third-order valence-electron chi connectivity index (χ3n) is 3.32. The second-order valence-corrected chi connectivity index (χ2v) is 6.04. The number of nitrogens with zero attached hydrogens (tertiary/aromatic N) is 2. The van der Waals surface area contributed by atoms with E-state index in [-0.39, 0.29) is 16.7 Å². The van der Waals surface area contributed by atoms with E-state index in [0.717, 1.165) is 23.3 Å². The van der Waals surface area contributed by atoms with Crippen LogP contribution in [-0.2, 0) is 16.0 Å². The Hall–Kier alpha value is -3.05. The Balaban J connectivity index is 2.10. The molecule has 2 amide bonds. The van der Waals surface area contributed by atoms with Gasteiger partial charge in [-0.3, -0.25) is 14.4 Å². The monoisotopic (exact) mass is 356 g/mol. The molecule has 0 fully saturated rings.